The van der Waals surface area contributed by atoms with Crippen molar-refractivity contribution < 1.29 is 9.47 Å². The molecule has 0 bridgehead atoms. The van der Waals surface area contributed by atoms with E-state index in [1.807, 2.05) is 55.2 Å². The summed E-state index contributed by atoms with van der Waals surface area (Å²) in [5.41, 5.74) is 1.10. The van der Waals surface area contributed by atoms with Crippen molar-refractivity contribution in [3.8, 4) is 11.5 Å². The normalized spacial score (nSPS) is 10.6. The van der Waals surface area contributed by atoms with Crippen molar-refractivity contribution in [2.45, 2.75) is 13.3 Å². The molecule has 0 aliphatic carbocycles. The van der Waals surface area contributed by atoms with Gasteiger partial charge in [0.2, 0.25) is 0 Å². The SMILES string of the molecule is CCOc1ccccc1OCCNCCc1ccn(C)n1. The molecule has 5 nitrogen and oxygen atoms in total. The molecule has 0 aliphatic rings. The van der Waals surface area contributed by atoms with Gasteiger partial charge in [-0.1, -0.05) is 12.1 Å². The van der Waals surface area contributed by atoms with E-state index in [0.717, 1.165) is 36.7 Å². The maximum atomic E-state index is 5.74. The maximum absolute atomic E-state index is 5.74. The number of nitrogens with zero attached hydrogens (tertiary/aromatic N) is 2. The second-order valence-electron chi connectivity index (χ2n) is 4.71. The molecule has 1 heterocycles. The molecule has 0 unspecified atom stereocenters. The smallest absolute Gasteiger partial charge is 0.161 e. The van der Waals surface area contributed by atoms with Crippen molar-refractivity contribution >= 4 is 0 Å². The van der Waals surface area contributed by atoms with Crippen LogP contribution in [0.3, 0.4) is 0 Å². The number of para-hydroxylation sites is 2. The van der Waals surface area contributed by atoms with Crippen LogP contribution in [0.25, 0.3) is 0 Å². The zero-order valence-electron chi connectivity index (χ0n) is 12.7. The Morgan fingerprint density at radius 1 is 1.10 bits per heavy atom. The molecule has 1 N–H and O–H groups in total. The van der Waals surface area contributed by atoms with E-state index in [4.69, 9.17) is 9.47 Å². The van der Waals surface area contributed by atoms with Crippen molar-refractivity contribution in [2.75, 3.05) is 26.3 Å². The van der Waals surface area contributed by atoms with Crippen LogP contribution in [-0.4, -0.2) is 36.1 Å². The predicted octanol–water partition coefficient (Wildman–Crippen LogP) is 2.03. The molecule has 0 amide bonds. The van der Waals surface area contributed by atoms with Gasteiger partial charge in [0.1, 0.15) is 6.61 Å². The first kappa shape index (κ1) is 15.4. The fourth-order valence-electron chi connectivity index (χ4n) is 2.02. The Balaban J connectivity index is 1.63. The summed E-state index contributed by atoms with van der Waals surface area (Å²) in [6.07, 6.45) is 2.89. The highest BCUT2D eigenvalue weighted by atomic mass is 16.5. The Labute approximate surface area is 125 Å². The number of hydrogen-bond donors (Lipinski definition) is 1. The standard InChI is InChI=1S/C16H23N3O2/c1-3-20-15-6-4-5-7-16(15)21-13-11-17-10-8-14-9-12-19(2)18-14/h4-7,9,12,17H,3,8,10-11,13H2,1-2H3. The van der Waals surface area contributed by atoms with E-state index >= 15 is 0 Å². The molecule has 1 aromatic carbocycles. The number of rotatable bonds is 9. The Kier molecular flexibility index (Phi) is 6.09. The molecule has 0 saturated heterocycles. The molecule has 0 radical (unpaired) electrons. The van der Waals surface area contributed by atoms with E-state index in [1.165, 1.54) is 0 Å². The second kappa shape index (κ2) is 8.32. The maximum Gasteiger partial charge on any atom is 0.161 e. The number of hydrogen-bond acceptors (Lipinski definition) is 4. The lowest BCUT2D eigenvalue weighted by molar-refractivity contribution is 0.276. The topological polar surface area (TPSA) is 48.3 Å². The third-order valence-electron chi connectivity index (χ3n) is 3.01. The number of nitrogens with one attached hydrogen (secondary N) is 1. The quantitative estimate of drug-likeness (QED) is 0.718. The fourth-order valence-corrected chi connectivity index (χ4v) is 2.02. The summed E-state index contributed by atoms with van der Waals surface area (Å²) in [7, 11) is 1.93. The third-order valence-corrected chi connectivity index (χ3v) is 3.01. The van der Waals surface area contributed by atoms with Crippen molar-refractivity contribution in [1.82, 2.24) is 15.1 Å². The number of benzene rings is 1. The highest BCUT2D eigenvalue weighted by Gasteiger charge is 2.02. The molecular formula is C16H23N3O2. The summed E-state index contributed by atoms with van der Waals surface area (Å²) in [6.45, 7) is 4.92. The summed E-state index contributed by atoms with van der Waals surface area (Å²) in [5, 5.41) is 7.69. The van der Waals surface area contributed by atoms with Crippen LogP contribution < -0.4 is 14.8 Å². The van der Waals surface area contributed by atoms with Crippen LogP contribution in [0.2, 0.25) is 0 Å². The molecule has 2 aromatic rings. The van der Waals surface area contributed by atoms with Gasteiger partial charge in [-0.2, -0.15) is 5.10 Å². The van der Waals surface area contributed by atoms with Gasteiger partial charge in [-0.05, 0) is 25.1 Å². The number of aromatic nitrogens is 2. The minimum atomic E-state index is 0.617. The first-order valence-electron chi connectivity index (χ1n) is 7.33. The van der Waals surface area contributed by atoms with Gasteiger partial charge in [-0.3, -0.25) is 4.68 Å². The van der Waals surface area contributed by atoms with Gasteiger partial charge < -0.3 is 14.8 Å². The molecule has 0 spiro atoms. The minimum absolute atomic E-state index is 0.617. The first-order valence-corrected chi connectivity index (χ1v) is 7.33. The van der Waals surface area contributed by atoms with Gasteiger partial charge in [0.25, 0.3) is 0 Å². The van der Waals surface area contributed by atoms with Gasteiger partial charge in [0.15, 0.2) is 11.5 Å². The van der Waals surface area contributed by atoms with Crippen LogP contribution in [0.5, 0.6) is 11.5 Å². The summed E-state index contributed by atoms with van der Waals surface area (Å²) >= 11 is 0. The third kappa shape index (κ3) is 5.11. The van der Waals surface area contributed by atoms with Gasteiger partial charge in [0, 0.05) is 32.8 Å². The van der Waals surface area contributed by atoms with Crippen molar-refractivity contribution in [3.05, 3.63) is 42.2 Å². The molecule has 0 aliphatic heterocycles. The predicted molar refractivity (Wildman–Crippen MR) is 82.9 cm³/mol. The number of ether oxygens (including phenoxy) is 2. The highest BCUT2D eigenvalue weighted by molar-refractivity contribution is 5.39. The molecule has 2 rings (SSSR count). The lowest BCUT2D eigenvalue weighted by Gasteiger charge is -2.11. The van der Waals surface area contributed by atoms with Crippen LogP contribution in [-0.2, 0) is 13.5 Å². The van der Waals surface area contributed by atoms with Crippen LogP contribution in [0.1, 0.15) is 12.6 Å². The molecule has 1 aromatic heterocycles. The molecule has 0 atom stereocenters. The summed E-state index contributed by atoms with van der Waals surface area (Å²) in [5.74, 6) is 1.60. The van der Waals surface area contributed by atoms with Gasteiger partial charge in [-0.25, -0.2) is 0 Å². The van der Waals surface area contributed by atoms with Gasteiger partial charge in [0.05, 0.1) is 12.3 Å². The van der Waals surface area contributed by atoms with Crippen LogP contribution >= 0.6 is 0 Å². The molecule has 114 valence electrons. The van der Waals surface area contributed by atoms with Crippen molar-refractivity contribution in [3.63, 3.8) is 0 Å². The minimum Gasteiger partial charge on any atom is -0.490 e. The molecule has 0 fully saturated rings. The Hall–Kier alpha value is -2.01. The van der Waals surface area contributed by atoms with Gasteiger partial charge in [-0.15, -0.1) is 0 Å². The zero-order valence-corrected chi connectivity index (χ0v) is 12.7. The average Bonchev–Trinajstić information content (AvgIpc) is 2.90. The lowest BCUT2D eigenvalue weighted by atomic mass is 10.3. The van der Waals surface area contributed by atoms with E-state index in [9.17, 15) is 0 Å². The van der Waals surface area contributed by atoms with E-state index in [-0.39, 0.29) is 0 Å². The zero-order chi connectivity index (χ0) is 14.9. The molecular weight excluding hydrogens is 266 g/mol. The summed E-state index contributed by atoms with van der Waals surface area (Å²) < 4.78 is 13.1. The van der Waals surface area contributed by atoms with E-state index in [2.05, 4.69) is 10.4 Å². The van der Waals surface area contributed by atoms with E-state index in [1.54, 1.807) is 0 Å². The highest BCUT2D eigenvalue weighted by Crippen LogP contribution is 2.25. The van der Waals surface area contributed by atoms with Crippen LogP contribution in [0, 0.1) is 0 Å². The fraction of sp³-hybridized carbons (Fsp3) is 0.438. The number of aryl methyl sites for hydroxylation is 1. The van der Waals surface area contributed by atoms with Crippen LogP contribution in [0.15, 0.2) is 36.5 Å². The second-order valence-corrected chi connectivity index (χ2v) is 4.71. The van der Waals surface area contributed by atoms with Crippen molar-refractivity contribution in [1.29, 1.82) is 0 Å². The Morgan fingerprint density at radius 3 is 2.52 bits per heavy atom. The monoisotopic (exact) mass is 289 g/mol. The van der Waals surface area contributed by atoms with Crippen molar-refractivity contribution in [2.24, 2.45) is 7.05 Å². The summed E-state index contributed by atoms with van der Waals surface area (Å²) in [4.78, 5) is 0. The van der Waals surface area contributed by atoms with E-state index in [0.29, 0.717) is 13.2 Å². The molecule has 5 heteroatoms. The van der Waals surface area contributed by atoms with Crippen LogP contribution in [0.4, 0.5) is 0 Å². The first-order chi connectivity index (χ1) is 10.3. The summed E-state index contributed by atoms with van der Waals surface area (Å²) in [6, 6.07) is 9.79. The lowest BCUT2D eigenvalue weighted by Crippen LogP contribution is -2.23. The largest absolute Gasteiger partial charge is 0.490 e. The Morgan fingerprint density at radius 2 is 1.86 bits per heavy atom. The van der Waals surface area contributed by atoms with Gasteiger partial charge >= 0.3 is 0 Å². The Bertz CT molecular complexity index is 540. The molecule has 21 heavy (non-hydrogen) atoms. The van der Waals surface area contributed by atoms with E-state index < -0.39 is 0 Å². The average molecular weight is 289 g/mol. The molecule has 0 saturated carbocycles.